The summed E-state index contributed by atoms with van der Waals surface area (Å²) >= 11 is 1.67. The second kappa shape index (κ2) is 7.28. The first-order valence-corrected chi connectivity index (χ1v) is 7.32. The Labute approximate surface area is 119 Å². The standard InChI is InChI=1S/C14H22N2O2S/c1-5-9(2)19-10(3)14(17)16-12-7-6-11(15)8-13(12)18-4/h6-10H,5,15H2,1-4H3,(H,16,17). The van der Waals surface area contributed by atoms with Crippen LogP contribution in [0.1, 0.15) is 27.2 Å². The molecule has 2 atom stereocenters. The minimum Gasteiger partial charge on any atom is -0.494 e. The maximum Gasteiger partial charge on any atom is 0.237 e. The summed E-state index contributed by atoms with van der Waals surface area (Å²) in [6.45, 7) is 6.15. The van der Waals surface area contributed by atoms with Gasteiger partial charge in [-0.3, -0.25) is 4.79 Å². The third-order valence-corrected chi connectivity index (χ3v) is 4.28. The van der Waals surface area contributed by atoms with Crippen LogP contribution < -0.4 is 15.8 Å². The van der Waals surface area contributed by atoms with Gasteiger partial charge in [0.05, 0.1) is 18.0 Å². The molecule has 0 aliphatic heterocycles. The van der Waals surface area contributed by atoms with Gasteiger partial charge in [0.2, 0.25) is 5.91 Å². The first kappa shape index (κ1) is 15.7. The zero-order chi connectivity index (χ0) is 14.4. The molecule has 19 heavy (non-hydrogen) atoms. The molecular formula is C14H22N2O2S. The Bertz CT molecular complexity index is 437. The molecule has 0 saturated heterocycles. The van der Waals surface area contributed by atoms with E-state index < -0.39 is 0 Å². The van der Waals surface area contributed by atoms with E-state index in [1.807, 2.05) is 6.92 Å². The van der Waals surface area contributed by atoms with Crippen molar-refractivity contribution in [1.29, 1.82) is 0 Å². The number of carbonyl (C=O) groups is 1. The van der Waals surface area contributed by atoms with Crippen molar-refractivity contribution in [3.63, 3.8) is 0 Å². The van der Waals surface area contributed by atoms with Gasteiger partial charge in [-0.2, -0.15) is 0 Å². The highest BCUT2D eigenvalue weighted by molar-refractivity contribution is 8.01. The predicted molar refractivity (Wildman–Crippen MR) is 82.8 cm³/mol. The van der Waals surface area contributed by atoms with Gasteiger partial charge in [-0.15, -0.1) is 11.8 Å². The Morgan fingerprint density at radius 1 is 1.47 bits per heavy atom. The number of nitrogens with one attached hydrogen (secondary N) is 1. The van der Waals surface area contributed by atoms with E-state index >= 15 is 0 Å². The summed E-state index contributed by atoms with van der Waals surface area (Å²) in [5.41, 5.74) is 6.94. The summed E-state index contributed by atoms with van der Waals surface area (Å²) in [6.07, 6.45) is 1.05. The van der Waals surface area contributed by atoms with Crippen LogP contribution >= 0.6 is 11.8 Å². The summed E-state index contributed by atoms with van der Waals surface area (Å²) < 4.78 is 5.21. The van der Waals surface area contributed by atoms with Crippen LogP contribution in [0.4, 0.5) is 11.4 Å². The fourth-order valence-electron chi connectivity index (χ4n) is 1.55. The second-order valence-corrected chi connectivity index (χ2v) is 6.23. The lowest BCUT2D eigenvalue weighted by molar-refractivity contribution is -0.115. The Kier molecular flexibility index (Phi) is 6.02. The first-order chi connectivity index (χ1) is 8.97. The number of hydrogen-bond donors (Lipinski definition) is 2. The number of ether oxygens (including phenoxy) is 1. The van der Waals surface area contributed by atoms with Crippen LogP contribution in [0.15, 0.2) is 18.2 Å². The number of rotatable bonds is 6. The van der Waals surface area contributed by atoms with E-state index in [9.17, 15) is 4.79 Å². The van der Waals surface area contributed by atoms with Gasteiger partial charge in [0.1, 0.15) is 5.75 Å². The van der Waals surface area contributed by atoms with Crippen LogP contribution in [0.3, 0.4) is 0 Å². The highest BCUT2D eigenvalue weighted by Gasteiger charge is 2.17. The number of nitrogens with two attached hydrogens (primary N) is 1. The van der Waals surface area contributed by atoms with E-state index in [2.05, 4.69) is 19.2 Å². The van der Waals surface area contributed by atoms with Gasteiger partial charge in [0.25, 0.3) is 0 Å². The molecule has 2 unspecified atom stereocenters. The maximum absolute atomic E-state index is 12.1. The van der Waals surface area contributed by atoms with Crippen LogP contribution in [0.5, 0.6) is 5.75 Å². The van der Waals surface area contributed by atoms with Gasteiger partial charge >= 0.3 is 0 Å². The summed E-state index contributed by atoms with van der Waals surface area (Å²) in [5.74, 6) is 0.558. The molecule has 1 amide bonds. The van der Waals surface area contributed by atoms with Gasteiger partial charge in [-0.1, -0.05) is 13.8 Å². The number of thioether (sulfide) groups is 1. The number of benzene rings is 1. The average molecular weight is 282 g/mol. The third kappa shape index (κ3) is 4.67. The SMILES string of the molecule is CCC(C)SC(C)C(=O)Nc1ccc(N)cc1OC. The summed E-state index contributed by atoms with van der Waals surface area (Å²) in [5, 5.41) is 3.24. The minimum atomic E-state index is -0.0998. The van der Waals surface area contributed by atoms with E-state index in [-0.39, 0.29) is 11.2 Å². The van der Waals surface area contributed by atoms with Crippen molar-refractivity contribution in [3.05, 3.63) is 18.2 Å². The normalized spacial score (nSPS) is 13.7. The lowest BCUT2D eigenvalue weighted by Gasteiger charge is -2.17. The van der Waals surface area contributed by atoms with Crippen molar-refractivity contribution >= 4 is 29.0 Å². The zero-order valence-corrected chi connectivity index (χ0v) is 12.7. The number of anilines is 2. The summed E-state index contributed by atoms with van der Waals surface area (Å²) in [7, 11) is 1.56. The van der Waals surface area contributed by atoms with Crippen LogP contribution in [0.2, 0.25) is 0 Å². The molecule has 0 saturated carbocycles. The Morgan fingerprint density at radius 3 is 2.74 bits per heavy atom. The number of nitrogen functional groups attached to an aromatic ring is 1. The summed E-state index contributed by atoms with van der Waals surface area (Å²) in [4.78, 5) is 12.1. The smallest absolute Gasteiger partial charge is 0.237 e. The molecule has 0 aliphatic rings. The van der Waals surface area contributed by atoms with Gasteiger partial charge < -0.3 is 15.8 Å². The molecule has 0 aromatic heterocycles. The minimum absolute atomic E-state index is 0.0200. The van der Waals surface area contributed by atoms with E-state index in [0.717, 1.165) is 6.42 Å². The molecule has 4 nitrogen and oxygen atoms in total. The molecule has 3 N–H and O–H groups in total. The fraction of sp³-hybridized carbons (Fsp3) is 0.500. The van der Waals surface area contributed by atoms with Crippen molar-refractivity contribution in [2.24, 2.45) is 0 Å². The fourth-order valence-corrected chi connectivity index (χ4v) is 2.62. The van der Waals surface area contributed by atoms with E-state index in [1.54, 1.807) is 37.1 Å². The Balaban J connectivity index is 2.71. The van der Waals surface area contributed by atoms with Crippen LogP contribution in [0.25, 0.3) is 0 Å². The number of carbonyl (C=O) groups excluding carboxylic acids is 1. The Morgan fingerprint density at radius 2 is 2.16 bits per heavy atom. The van der Waals surface area contributed by atoms with Crippen molar-refractivity contribution < 1.29 is 9.53 Å². The zero-order valence-electron chi connectivity index (χ0n) is 11.9. The molecule has 0 radical (unpaired) electrons. The largest absolute Gasteiger partial charge is 0.494 e. The van der Waals surface area contributed by atoms with Crippen LogP contribution in [-0.4, -0.2) is 23.5 Å². The van der Waals surface area contributed by atoms with Crippen LogP contribution in [0, 0.1) is 0 Å². The van der Waals surface area contributed by atoms with Gasteiger partial charge in [0.15, 0.2) is 0 Å². The van der Waals surface area contributed by atoms with Gasteiger partial charge in [-0.05, 0) is 25.5 Å². The number of hydrogen-bond acceptors (Lipinski definition) is 4. The van der Waals surface area contributed by atoms with Gasteiger partial charge in [-0.25, -0.2) is 0 Å². The molecule has 1 aromatic rings. The number of amides is 1. The molecule has 0 aliphatic carbocycles. The first-order valence-electron chi connectivity index (χ1n) is 6.37. The van der Waals surface area contributed by atoms with Crippen molar-refractivity contribution in [3.8, 4) is 5.75 Å². The third-order valence-electron chi connectivity index (χ3n) is 2.86. The van der Waals surface area contributed by atoms with Crippen molar-refractivity contribution in [2.75, 3.05) is 18.2 Å². The molecule has 0 heterocycles. The molecule has 106 valence electrons. The van der Waals surface area contributed by atoms with Gasteiger partial charge in [0, 0.05) is 17.0 Å². The molecule has 5 heteroatoms. The van der Waals surface area contributed by atoms with Crippen molar-refractivity contribution in [1.82, 2.24) is 0 Å². The quantitative estimate of drug-likeness (QED) is 0.787. The Hall–Kier alpha value is -1.36. The van der Waals surface area contributed by atoms with E-state index in [1.165, 1.54) is 0 Å². The second-order valence-electron chi connectivity index (χ2n) is 4.45. The van der Waals surface area contributed by atoms with E-state index in [4.69, 9.17) is 10.5 Å². The monoisotopic (exact) mass is 282 g/mol. The molecule has 1 rings (SSSR count). The molecule has 0 fully saturated rings. The molecule has 0 bridgehead atoms. The predicted octanol–water partition coefficient (Wildman–Crippen LogP) is 3.14. The molecule has 1 aromatic carbocycles. The molecular weight excluding hydrogens is 260 g/mol. The van der Waals surface area contributed by atoms with Crippen molar-refractivity contribution in [2.45, 2.75) is 37.7 Å². The lowest BCUT2D eigenvalue weighted by atomic mass is 10.2. The average Bonchev–Trinajstić information content (AvgIpc) is 2.40. The topological polar surface area (TPSA) is 64.4 Å². The van der Waals surface area contributed by atoms with Crippen LogP contribution in [-0.2, 0) is 4.79 Å². The maximum atomic E-state index is 12.1. The molecule has 0 spiro atoms. The summed E-state index contributed by atoms with van der Waals surface area (Å²) in [6, 6.07) is 5.19. The number of methoxy groups -OCH3 is 1. The highest BCUT2D eigenvalue weighted by atomic mass is 32.2. The lowest BCUT2D eigenvalue weighted by Crippen LogP contribution is -2.24. The highest BCUT2D eigenvalue weighted by Crippen LogP contribution is 2.28. The van der Waals surface area contributed by atoms with E-state index in [0.29, 0.717) is 22.4 Å².